The van der Waals surface area contributed by atoms with E-state index in [1.165, 1.54) is 25.7 Å². The summed E-state index contributed by atoms with van der Waals surface area (Å²) in [6.07, 6.45) is 6.94. The van der Waals surface area contributed by atoms with Crippen LogP contribution in [0.5, 0.6) is 0 Å². The molecule has 2 rings (SSSR count). The van der Waals surface area contributed by atoms with E-state index in [9.17, 15) is 4.79 Å². The number of hydrogen-bond donors (Lipinski definition) is 0. The average Bonchev–Trinajstić information content (AvgIpc) is 2.28. The Morgan fingerprint density at radius 3 is 3.09 bits per heavy atom. The van der Waals surface area contributed by atoms with Crippen LogP contribution in [-0.4, -0.2) is 5.78 Å². The highest BCUT2D eigenvalue weighted by Crippen LogP contribution is 2.50. The quantitative estimate of drug-likeness (QED) is 0.521. The minimum absolute atomic E-state index is 0.412. The van der Waals surface area contributed by atoms with Crippen molar-refractivity contribution in [3.63, 3.8) is 0 Å². The van der Waals surface area contributed by atoms with E-state index in [4.69, 9.17) is 0 Å². The molecule has 0 N–H and O–H groups in total. The van der Waals surface area contributed by atoms with E-state index >= 15 is 0 Å². The Morgan fingerprint density at radius 1 is 1.45 bits per heavy atom. The fraction of sp³-hybridized carbons (Fsp3) is 0.900. The summed E-state index contributed by atoms with van der Waals surface area (Å²) in [5.41, 5.74) is 0.412. The SMILES string of the molecule is C[C@]12CCC[C@H]1CCC(=O)C2. The summed E-state index contributed by atoms with van der Waals surface area (Å²) in [5.74, 6) is 1.38. The molecule has 2 aliphatic carbocycles. The number of ketones is 1. The van der Waals surface area contributed by atoms with Gasteiger partial charge in [0.15, 0.2) is 0 Å². The molecule has 0 spiro atoms. The highest BCUT2D eigenvalue weighted by Gasteiger charge is 2.42. The van der Waals surface area contributed by atoms with E-state index in [1.807, 2.05) is 0 Å². The number of carbonyl (C=O) groups excluding carboxylic acids is 1. The summed E-state index contributed by atoms with van der Waals surface area (Å²) < 4.78 is 0. The predicted molar refractivity (Wildman–Crippen MR) is 44.3 cm³/mol. The highest BCUT2D eigenvalue weighted by atomic mass is 16.1. The Hall–Kier alpha value is -0.330. The number of Topliss-reactive ketones (excluding diaryl/α,β-unsaturated/α-hetero) is 1. The lowest BCUT2D eigenvalue weighted by molar-refractivity contribution is -0.124. The monoisotopic (exact) mass is 152 g/mol. The van der Waals surface area contributed by atoms with Gasteiger partial charge in [0.1, 0.15) is 5.78 Å². The lowest BCUT2D eigenvalue weighted by Gasteiger charge is -2.35. The van der Waals surface area contributed by atoms with Gasteiger partial charge in [0.2, 0.25) is 0 Å². The molecule has 1 nitrogen and oxygen atoms in total. The average molecular weight is 152 g/mol. The first-order valence-electron chi connectivity index (χ1n) is 4.72. The Balaban J connectivity index is 2.16. The third-order valence-corrected chi connectivity index (χ3v) is 3.66. The number of fused-ring (bicyclic) bond motifs is 1. The smallest absolute Gasteiger partial charge is 0.133 e. The molecule has 0 aromatic carbocycles. The zero-order valence-electron chi connectivity index (χ0n) is 7.23. The molecule has 2 saturated carbocycles. The second-order valence-corrected chi connectivity index (χ2v) is 4.50. The third kappa shape index (κ3) is 1.11. The maximum absolute atomic E-state index is 11.2. The van der Waals surface area contributed by atoms with Crippen LogP contribution >= 0.6 is 0 Å². The second kappa shape index (κ2) is 2.33. The Labute approximate surface area is 68.2 Å². The van der Waals surface area contributed by atoms with Gasteiger partial charge in [0.05, 0.1) is 0 Å². The molecule has 62 valence electrons. The molecular formula is C10H16O. The summed E-state index contributed by atoms with van der Waals surface area (Å²) in [6, 6.07) is 0. The number of rotatable bonds is 0. The molecule has 0 amide bonds. The Morgan fingerprint density at radius 2 is 2.27 bits per heavy atom. The van der Waals surface area contributed by atoms with Gasteiger partial charge in [0, 0.05) is 12.8 Å². The van der Waals surface area contributed by atoms with Crippen molar-refractivity contribution in [3.8, 4) is 0 Å². The molecule has 1 heteroatoms. The van der Waals surface area contributed by atoms with Crippen molar-refractivity contribution in [3.05, 3.63) is 0 Å². The normalized spacial score (nSPS) is 44.1. The first kappa shape index (κ1) is 7.33. The lowest BCUT2D eigenvalue weighted by atomic mass is 9.69. The van der Waals surface area contributed by atoms with Crippen LogP contribution in [-0.2, 0) is 4.79 Å². The standard InChI is InChI=1S/C10H16O/c1-10-6-2-3-8(10)4-5-9(11)7-10/h8H,2-7H2,1H3/t8-,10+/m0/s1. The van der Waals surface area contributed by atoms with Crippen molar-refractivity contribution < 1.29 is 4.79 Å². The van der Waals surface area contributed by atoms with Crippen LogP contribution in [0, 0.1) is 11.3 Å². The highest BCUT2D eigenvalue weighted by molar-refractivity contribution is 5.80. The van der Waals surface area contributed by atoms with Gasteiger partial charge in [-0.05, 0) is 30.6 Å². The number of hydrogen-bond acceptors (Lipinski definition) is 1. The van der Waals surface area contributed by atoms with Crippen molar-refractivity contribution in [2.75, 3.05) is 0 Å². The van der Waals surface area contributed by atoms with E-state index in [2.05, 4.69) is 6.92 Å². The molecule has 0 saturated heterocycles. The van der Waals surface area contributed by atoms with Crippen molar-refractivity contribution in [2.24, 2.45) is 11.3 Å². The van der Waals surface area contributed by atoms with Crippen LogP contribution in [0.15, 0.2) is 0 Å². The largest absolute Gasteiger partial charge is 0.300 e. The van der Waals surface area contributed by atoms with Crippen molar-refractivity contribution >= 4 is 5.78 Å². The molecule has 2 atom stereocenters. The zero-order valence-corrected chi connectivity index (χ0v) is 7.23. The van der Waals surface area contributed by atoms with Crippen LogP contribution in [0.2, 0.25) is 0 Å². The van der Waals surface area contributed by atoms with Crippen molar-refractivity contribution in [1.82, 2.24) is 0 Å². The first-order valence-corrected chi connectivity index (χ1v) is 4.72. The summed E-state index contributed by atoms with van der Waals surface area (Å²) in [5, 5.41) is 0. The van der Waals surface area contributed by atoms with E-state index < -0.39 is 0 Å². The van der Waals surface area contributed by atoms with E-state index in [-0.39, 0.29) is 0 Å². The van der Waals surface area contributed by atoms with Crippen LogP contribution in [0.1, 0.15) is 45.4 Å². The zero-order chi connectivity index (χ0) is 7.90. The van der Waals surface area contributed by atoms with Gasteiger partial charge in [-0.25, -0.2) is 0 Å². The first-order chi connectivity index (χ1) is 5.21. The fourth-order valence-corrected chi connectivity index (χ4v) is 2.90. The minimum atomic E-state index is 0.412. The predicted octanol–water partition coefficient (Wildman–Crippen LogP) is 2.55. The van der Waals surface area contributed by atoms with Gasteiger partial charge in [-0.2, -0.15) is 0 Å². The minimum Gasteiger partial charge on any atom is -0.300 e. The van der Waals surface area contributed by atoms with Gasteiger partial charge in [-0.3, -0.25) is 4.79 Å². The van der Waals surface area contributed by atoms with Crippen molar-refractivity contribution in [1.29, 1.82) is 0 Å². The molecule has 0 aromatic heterocycles. The molecule has 0 bridgehead atoms. The molecule has 0 aromatic rings. The topological polar surface area (TPSA) is 17.1 Å². The van der Waals surface area contributed by atoms with Gasteiger partial charge >= 0.3 is 0 Å². The third-order valence-electron chi connectivity index (χ3n) is 3.66. The van der Waals surface area contributed by atoms with Crippen LogP contribution in [0.25, 0.3) is 0 Å². The van der Waals surface area contributed by atoms with Crippen LogP contribution in [0.4, 0.5) is 0 Å². The molecular weight excluding hydrogens is 136 g/mol. The van der Waals surface area contributed by atoms with Crippen molar-refractivity contribution in [2.45, 2.75) is 45.4 Å². The Bertz CT molecular complexity index is 185. The molecule has 0 radical (unpaired) electrons. The van der Waals surface area contributed by atoms with Gasteiger partial charge < -0.3 is 0 Å². The second-order valence-electron chi connectivity index (χ2n) is 4.50. The molecule has 2 aliphatic rings. The lowest BCUT2D eigenvalue weighted by Crippen LogP contribution is -2.30. The number of carbonyl (C=O) groups is 1. The van der Waals surface area contributed by atoms with E-state index in [0.29, 0.717) is 11.2 Å². The van der Waals surface area contributed by atoms with E-state index in [1.54, 1.807) is 0 Å². The molecule has 0 heterocycles. The van der Waals surface area contributed by atoms with Crippen LogP contribution < -0.4 is 0 Å². The summed E-state index contributed by atoms with van der Waals surface area (Å²) in [4.78, 5) is 11.2. The van der Waals surface area contributed by atoms with Gasteiger partial charge in [-0.1, -0.05) is 13.3 Å². The summed E-state index contributed by atoms with van der Waals surface area (Å²) >= 11 is 0. The molecule has 0 aliphatic heterocycles. The molecule has 0 unspecified atom stereocenters. The maximum Gasteiger partial charge on any atom is 0.133 e. The summed E-state index contributed by atoms with van der Waals surface area (Å²) in [6.45, 7) is 2.31. The van der Waals surface area contributed by atoms with Gasteiger partial charge in [-0.15, -0.1) is 0 Å². The molecule has 2 fully saturated rings. The Kier molecular flexibility index (Phi) is 1.55. The maximum atomic E-state index is 11.2. The van der Waals surface area contributed by atoms with Gasteiger partial charge in [0.25, 0.3) is 0 Å². The summed E-state index contributed by atoms with van der Waals surface area (Å²) in [7, 11) is 0. The van der Waals surface area contributed by atoms with E-state index in [0.717, 1.165) is 18.8 Å². The fourth-order valence-electron chi connectivity index (χ4n) is 2.90. The van der Waals surface area contributed by atoms with Crippen LogP contribution in [0.3, 0.4) is 0 Å². The molecule has 11 heavy (non-hydrogen) atoms.